The monoisotopic (exact) mass is 549 g/mol. The average molecular weight is 550 g/mol. The zero-order chi connectivity index (χ0) is 27.6. The van der Waals surface area contributed by atoms with Gasteiger partial charge < -0.3 is 10.2 Å². The molecule has 2 rings (SSSR count). The molecule has 2 amide bonds. The average Bonchev–Trinajstić information content (AvgIpc) is 2.85. The van der Waals surface area contributed by atoms with E-state index in [0.29, 0.717) is 36.5 Å². The highest BCUT2D eigenvalue weighted by molar-refractivity contribution is 7.92. The Kier molecular flexibility index (Phi) is 11.9. The molecule has 2 aromatic carbocycles. The second kappa shape index (κ2) is 14.4. The summed E-state index contributed by atoms with van der Waals surface area (Å²) in [5.41, 5.74) is 2.36. The fourth-order valence-corrected chi connectivity index (χ4v) is 5.35. The van der Waals surface area contributed by atoms with Crippen molar-refractivity contribution in [1.82, 2.24) is 10.2 Å². The predicted octanol–water partition coefficient (Wildman–Crippen LogP) is 4.96. The van der Waals surface area contributed by atoms with Crippen LogP contribution < -0.4 is 9.62 Å². The molecule has 0 fully saturated rings. The van der Waals surface area contributed by atoms with E-state index in [1.54, 1.807) is 23.1 Å². The van der Waals surface area contributed by atoms with Crippen LogP contribution in [0.1, 0.15) is 57.6 Å². The number of sulfonamides is 1. The highest BCUT2D eigenvalue weighted by Gasteiger charge is 2.29. The minimum Gasteiger partial charge on any atom is -0.352 e. The second-order valence-corrected chi connectivity index (χ2v) is 11.8. The summed E-state index contributed by atoms with van der Waals surface area (Å²) in [6, 6.07) is 14.4. The Labute approximate surface area is 227 Å². The summed E-state index contributed by atoms with van der Waals surface area (Å²) in [4.78, 5) is 28.2. The van der Waals surface area contributed by atoms with Crippen LogP contribution in [0.4, 0.5) is 5.69 Å². The molecule has 0 aromatic heterocycles. The van der Waals surface area contributed by atoms with Crippen molar-refractivity contribution >= 4 is 39.1 Å². The van der Waals surface area contributed by atoms with Gasteiger partial charge in [-0.25, -0.2) is 8.42 Å². The van der Waals surface area contributed by atoms with Crippen LogP contribution in [0.15, 0.2) is 48.5 Å². The Hall–Kier alpha value is -2.58. The van der Waals surface area contributed by atoms with Gasteiger partial charge in [0.2, 0.25) is 21.8 Å². The zero-order valence-corrected chi connectivity index (χ0v) is 24.1. The maximum atomic E-state index is 13.5. The Balaban J connectivity index is 2.20. The molecule has 0 radical (unpaired) electrons. The zero-order valence-electron chi connectivity index (χ0n) is 22.5. The minimum atomic E-state index is -3.59. The molecule has 7 nitrogen and oxygen atoms in total. The molecule has 2 aromatic rings. The third-order valence-electron chi connectivity index (χ3n) is 6.46. The van der Waals surface area contributed by atoms with Crippen molar-refractivity contribution in [3.8, 4) is 0 Å². The SMILES string of the molecule is CC[C@H](C)NC(=O)[C@H](CC)N(CCc1ccccc1)C(=O)CCCN(c1cc(Cl)ccc1C)S(C)(=O)=O. The number of hydrogen-bond donors (Lipinski definition) is 1. The lowest BCUT2D eigenvalue weighted by Crippen LogP contribution is -2.51. The van der Waals surface area contributed by atoms with E-state index in [-0.39, 0.29) is 30.8 Å². The van der Waals surface area contributed by atoms with E-state index in [0.717, 1.165) is 23.8 Å². The highest BCUT2D eigenvalue weighted by Crippen LogP contribution is 2.27. The number of aryl methyl sites for hydroxylation is 1. The molecule has 0 unspecified atom stereocenters. The number of carbonyl (C=O) groups excluding carboxylic acids is 2. The lowest BCUT2D eigenvalue weighted by Gasteiger charge is -2.32. The molecule has 1 N–H and O–H groups in total. The number of halogens is 1. The van der Waals surface area contributed by atoms with E-state index in [4.69, 9.17) is 11.6 Å². The topological polar surface area (TPSA) is 86.8 Å². The van der Waals surface area contributed by atoms with Crippen molar-refractivity contribution in [2.24, 2.45) is 0 Å². The number of nitrogens with zero attached hydrogens (tertiary/aromatic N) is 2. The summed E-state index contributed by atoms with van der Waals surface area (Å²) in [5, 5.41) is 3.45. The lowest BCUT2D eigenvalue weighted by molar-refractivity contribution is -0.141. The fraction of sp³-hybridized carbons (Fsp3) is 0.500. The molecule has 0 bridgehead atoms. The Morgan fingerprint density at radius 1 is 1.03 bits per heavy atom. The first-order chi connectivity index (χ1) is 17.5. The highest BCUT2D eigenvalue weighted by atomic mass is 35.5. The van der Waals surface area contributed by atoms with Gasteiger partial charge in [0, 0.05) is 30.6 Å². The molecular formula is C28H40ClN3O4S. The Bertz CT molecular complexity index is 1140. The first-order valence-corrected chi connectivity index (χ1v) is 15.1. The summed E-state index contributed by atoms with van der Waals surface area (Å²) in [6.07, 6.45) is 3.48. The number of amides is 2. The number of nitrogens with one attached hydrogen (secondary N) is 1. The van der Waals surface area contributed by atoms with Gasteiger partial charge in [0.15, 0.2) is 0 Å². The van der Waals surface area contributed by atoms with Crippen LogP contribution in [-0.2, 0) is 26.0 Å². The number of anilines is 1. The van der Waals surface area contributed by atoms with Gasteiger partial charge in [0.1, 0.15) is 6.04 Å². The Morgan fingerprint density at radius 3 is 2.30 bits per heavy atom. The predicted molar refractivity (Wildman–Crippen MR) is 151 cm³/mol. The number of hydrogen-bond acceptors (Lipinski definition) is 4. The van der Waals surface area contributed by atoms with Gasteiger partial charge in [-0.1, -0.05) is 61.8 Å². The van der Waals surface area contributed by atoms with Crippen molar-refractivity contribution in [3.05, 3.63) is 64.7 Å². The molecule has 204 valence electrons. The van der Waals surface area contributed by atoms with Crippen molar-refractivity contribution in [2.75, 3.05) is 23.7 Å². The van der Waals surface area contributed by atoms with Gasteiger partial charge in [-0.05, 0) is 62.8 Å². The second-order valence-electron chi connectivity index (χ2n) is 9.43. The van der Waals surface area contributed by atoms with E-state index < -0.39 is 16.1 Å². The molecule has 0 aliphatic heterocycles. The molecule has 0 aliphatic carbocycles. The summed E-state index contributed by atoms with van der Waals surface area (Å²) >= 11 is 6.13. The number of rotatable bonds is 14. The minimum absolute atomic E-state index is 0.0110. The van der Waals surface area contributed by atoms with Crippen LogP contribution in [0.5, 0.6) is 0 Å². The van der Waals surface area contributed by atoms with Crippen molar-refractivity contribution in [1.29, 1.82) is 0 Å². The van der Waals surface area contributed by atoms with Crippen molar-refractivity contribution in [2.45, 2.75) is 71.9 Å². The van der Waals surface area contributed by atoms with Crippen LogP contribution in [0.25, 0.3) is 0 Å². The van der Waals surface area contributed by atoms with Crippen LogP contribution in [0.3, 0.4) is 0 Å². The standard InChI is InChI=1S/C28H40ClN3O4S/c1-6-22(4)30-28(34)25(7-2)31(19-17-23-12-9-8-10-13-23)27(33)14-11-18-32(37(5,35)36)26-20-24(29)16-15-21(26)3/h8-10,12-13,15-16,20,22,25H,6-7,11,14,17-19H2,1-5H3,(H,30,34)/t22-,25-/m0/s1. The molecular weight excluding hydrogens is 510 g/mol. The molecule has 9 heteroatoms. The molecule has 0 aliphatic rings. The van der Waals surface area contributed by atoms with Crippen LogP contribution in [0.2, 0.25) is 5.02 Å². The van der Waals surface area contributed by atoms with E-state index >= 15 is 0 Å². The summed E-state index contributed by atoms with van der Waals surface area (Å²) in [5.74, 6) is -0.330. The van der Waals surface area contributed by atoms with Gasteiger partial charge in [-0.15, -0.1) is 0 Å². The molecule has 2 atom stereocenters. The maximum absolute atomic E-state index is 13.5. The number of carbonyl (C=O) groups is 2. The van der Waals surface area contributed by atoms with E-state index in [9.17, 15) is 18.0 Å². The van der Waals surface area contributed by atoms with E-state index in [1.165, 1.54) is 4.31 Å². The van der Waals surface area contributed by atoms with Gasteiger partial charge >= 0.3 is 0 Å². The number of benzene rings is 2. The van der Waals surface area contributed by atoms with Gasteiger partial charge in [-0.3, -0.25) is 13.9 Å². The first kappa shape index (κ1) is 30.6. The molecule has 0 saturated heterocycles. The van der Waals surface area contributed by atoms with Gasteiger partial charge in [-0.2, -0.15) is 0 Å². The smallest absolute Gasteiger partial charge is 0.243 e. The Morgan fingerprint density at radius 2 is 1.70 bits per heavy atom. The maximum Gasteiger partial charge on any atom is 0.243 e. The molecule has 0 saturated carbocycles. The van der Waals surface area contributed by atoms with Crippen molar-refractivity contribution < 1.29 is 18.0 Å². The van der Waals surface area contributed by atoms with E-state index in [1.807, 2.05) is 58.0 Å². The quantitative estimate of drug-likeness (QED) is 0.361. The molecule has 37 heavy (non-hydrogen) atoms. The fourth-order valence-electron chi connectivity index (χ4n) is 4.17. The van der Waals surface area contributed by atoms with E-state index in [2.05, 4.69) is 5.32 Å². The van der Waals surface area contributed by atoms with Crippen LogP contribution in [-0.4, -0.2) is 56.6 Å². The normalized spacial score (nSPS) is 13.0. The lowest BCUT2D eigenvalue weighted by atomic mass is 10.1. The third kappa shape index (κ3) is 9.34. The van der Waals surface area contributed by atoms with Crippen molar-refractivity contribution in [3.63, 3.8) is 0 Å². The van der Waals surface area contributed by atoms with Crippen LogP contribution >= 0.6 is 11.6 Å². The molecule has 0 spiro atoms. The molecule has 0 heterocycles. The summed E-state index contributed by atoms with van der Waals surface area (Å²) < 4.78 is 26.4. The summed E-state index contributed by atoms with van der Waals surface area (Å²) in [7, 11) is -3.59. The summed E-state index contributed by atoms with van der Waals surface area (Å²) in [6.45, 7) is 8.20. The van der Waals surface area contributed by atoms with Crippen LogP contribution in [0, 0.1) is 6.92 Å². The van der Waals surface area contributed by atoms with Gasteiger partial charge in [0.25, 0.3) is 0 Å². The third-order valence-corrected chi connectivity index (χ3v) is 7.88. The van der Waals surface area contributed by atoms with Gasteiger partial charge in [0.05, 0.1) is 11.9 Å². The largest absolute Gasteiger partial charge is 0.352 e. The first-order valence-electron chi connectivity index (χ1n) is 12.9.